The zero-order chi connectivity index (χ0) is 10.4. The Morgan fingerprint density at radius 3 is 2.36 bits per heavy atom. The van der Waals surface area contributed by atoms with Crippen LogP contribution in [0.2, 0.25) is 10.0 Å². The number of unbranched alkanes of at least 4 members (excludes halogenated alkanes) is 2. The van der Waals surface area contributed by atoms with E-state index in [0.29, 0.717) is 10.0 Å². The molecule has 0 heterocycles. The molecule has 0 fully saturated rings. The van der Waals surface area contributed by atoms with Crippen molar-refractivity contribution in [3.8, 4) is 0 Å². The van der Waals surface area contributed by atoms with Crippen LogP contribution in [0.5, 0.6) is 0 Å². The second-order valence-electron chi connectivity index (χ2n) is 3.23. The summed E-state index contributed by atoms with van der Waals surface area (Å²) in [6, 6.07) is 5.53. The predicted molar refractivity (Wildman–Crippen MR) is 64.5 cm³/mol. The summed E-state index contributed by atoms with van der Waals surface area (Å²) in [5, 5.41) is 4.63. The van der Waals surface area contributed by atoms with Gasteiger partial charge in [0.1, 0.15) is 0 Å². The number of halogens is 2. The van der Waals surface area contributed by atoms with Crippen molar-refractivity contribution in [3.05, 3.63) is 28.2 Å². The van der Waals surface area contributed by atoms with Crippen LogP contribution in [0.1, 0.15) is 26.2 Å². The van der Waals surface area contributed by atoms with Gasteiger partial charge < -0.3 is 5.32 Å². The van der Waals surface area contributed by atoms with Gasteiger partial charge in [-0.1, -0.05) is 49.0 Å². The van der Waals surface area contributed by atoms with Gasteiger partial charge in [-0.2, -0.15) is 0 Å². The van der Waals surface area contributed by atoms with Crippen LogP contribution in [0.25, 0.3) is 0 Å². The molecule has 0 unspecified atom stereocenters. The molecular weight excluding hydrogens is 217 g/mol. The highest BCUT2D eigenvalue weighted by Crippen LogP contribution is 2.29. The van der Waals surface area contributed by atoms with Crippen LogP contribution in [0.15, 0.2) is 18.2 Å². The quantitative estimate of drug-likeness (QED) is 0.731. The first-order valence-corrected chi connectivity index (χ1v) is 5.69. The van der Waals surface area contributed by atoms with Gasteiger partial charge >= 0.3 is 0 Å². The molecule has 78 valence electrons. The SMILES string of the molecule is CCCCCNc1c(Cl)cccc1Cl. The number of rotatable bonds is 5. The van der Waals surface area contributed by atoms with Crippen molar-refractivity contribution in [2.75, 3.05) is 11.9 Å². The lowest BCUT2D eigenvalue weighted by molar-refractivity contribution is 0.744. The monoisotopic (exact) mass is 231 g/mol. The van der Waals surface area contributed by atoms with E-state index in [4.69, 9.17) is 23.2 Å². The molecule has 0 spiro atoms. The van der Waals surface area contributed by atoms with Crippen LogP contribution in [-0.2, 0) is 0 Å². The summed E-state index contributed by atoms with van der Waals surface area (Å²) in [5.74, 6) is 0. The minimum atomic E-state index is 0.689. The second kappa shape index (κ2) is 6.15. The Balaban J connectivity index is 2.49. The van der Waals surface area contributed by atoms with Gasteiger partial charge in [0.15, 0.2) is 0 Å². The number of hydrogen-bond acceptors (Lipinski definition) is 1. The summed E-state index contributed by atoms with van der Waals surface area (Å²) < 4.78 is 0. The minimum Gasteiger partial charge on any atom is -0.383 e. The first kappa shape index (κ1) is 11.7. The second-order valence-corrected chi connectivity index (χ2v) is 4.04. The van der Waals surface area contributed by atoms with Gasteiger partial charge in [-0.3, -0.25) is 0 Å². The summed E-state index contributed by atoms with van der Waals surface area (Å²) in [4.78, 5) is 0. The predicted octanol–water partition coefficient (Wildman–Crippen LogP) is 4.60. The average molecular weight is 232 g/mol. The van der Waals surface area contributed by atoms with Crippen LogP contribution >= 0.6 is 23.2 Å². The van der Waals surface area contributed by atoms with Crippen molar-refractivity contribution in [1.29, 1.82) is 0 Å². The van der Waals surface area contributed by atoms with Gasteiger partial charge in [0.25, 0.3) is 0 Å². The highest BCUT2D eigenvalue weighted by molar-refractivity contribution is 6.39. The molecule has 0 bridgehead atoms. The Hall–Kier alpha value is -0.400. The largest absolute Gasteiger partial charge is 0.383 e. The first-order valence-electron chi connectivity index (χ1n) is 4.93. The van der Waals surface area contributed by atoms with E-state index in [-0.39, 0.29) is 0 Å². The highest BCUT2D eigenvalue weighted by Gasteiger charge is 2.03. The van der Waals surface area contributed by atoms with Gasteiger partial charge in [-0.25, -0.2) is 0 Å². The molecule has 0 atom stereocenters. The van der Waals surface area contributed by atoms with Crippen molar-refractivity contribution in [2.24, 2.45) is 0 Å². The zero-order valence-corrected chi connectivity index (χ0v) is 9.83. The number of para-hydroxylation sites is 1. The van der Waals surface area contributed by atoms with Crippen molar-refractivity contribution in [2.45, 2.75) is 26.2 Å². The van der Waals surface area contributed by atoms with E-state index in [9.17, 15) is 0 Å². The maximum absolute atomic E-state index is 6.00. The van der Waals surface area contributed by atoms with Crippen molar-refractivity contribution < 1.29 is 0 Å². The molecule has 0 saturated carbocycles. The van der Waals surface area contributed by atoms with Crippen LogP contribution in [0.4, 0.5) is 5.69 Å². The molecule has 14 heavy (non-hydrogen) atoms. The smallest absolute Gasteiger partial charge is 0.0718 e. The molecule has 0 aliphatic rings. The van der Waals surface area contributed by atoms with Crippen LogP contribution in [0.3, 0.4) is 0 Å². The Kier molecular flexibility index (Phi) is 5.13. The third-order valence-electron chi connectivity index (χ3n) is 2.04. The molecule has 0 saturated heterocycles. The maximum atomic E-state index is 6.00. The normalized spacial score (nSPS) is 10.2. The molecule has 1 aromatic carbocycles. The van der Waals surface area contributed by atoms with Crippen molar-refractivity contribution in [3.63, 3.8) is 0 Å². The van der Waals surface area contributed by atoms with E-state index < -0.39 is 0 Å². The molecule has 1 rings (SSSR count). The fraction of sp³-hybridized carbons (Fsp3) is 0.455. The lowest BCUT2D eigenvalue weighted by Gasteiger charge is -2.09. The summed E-state index contributed by atoms with van der Waals surface area (Å²) in [6.45, 7) is 3.11. The number of anilines is 1. The molecule has 0 amide bonds. The van der Waals surface area contributed by atoms with Crippen LogP contribution in [-0.4, -0.2) is 6.54 Å². The Morgan fingerprint density at radius 1 is 1.14 bits per heavy atom. The first-order chi connectivity index (χ1) is 6.75. The molecular formula is C11H15Cl2N. The summed E-state index contributed by atoms with van der Waals surface area (Å²) in [5.41, 5.74) is 0.854. The van der Waals surface area contributed by atoms with Gasteiger partial charge in [-0.15, -0.1) is 0 Å². The lowest BCUT2D eigenvalue weighted by atomic mass is 10.2. The summed E-state index contributed by atoms with van der Waals surface area (Å²) >= 11 is 12.0. The van der Waals surface area contributed by atoms with Crippen molar-refractivity contribution in [1.82, 2.24) is 0 Å². The molecule has 0 aromatic heterocycles. The number of hydrogen-bond donors (Lipinski definition) is 1. The molecule has 0 aliphatic heterocycles. The van der Waals surface area contributed by atoms with E-state index in [1.165, 1.54) is 12.8 Å². The number of benzene rings is 1. The molecule has 1 aromatic rings. The molecule has 1 nitrogen and oxygen atoms in total. The highest BCUT2D eigenvalue weighted by atomic mass is 35.5. The number of nitrogens with one attached hydrogen (secondary N) is 1. The van der Waals surface area contributed by atoms with Gasteiger partial charge in [0, 0.05) is 6.54 Å². The molecule has 0 aliphatic carbocycles. The maximum Gasteiger partial charge on any atom is 0.0718 e. The summed E-state index contributed by atoms with van der Waals surface area (Å²) in [7, 11) is 0. The topological polar surface area (TPSA) is 12.0 Å². The molecule has 3 heteroatoms. The standard InChI is InChI=1S/C11H15Cl2N/c1-2-3-4-8-14-11-9(12)6-5-7-10(11)13/h5-7,14H,2-4,8H2,1H3. The van der Waals surface area contributed by atoms with E-state index in [2.05, 4.69) is 12.2 Å². The van der Waals surface area contributed by atoms with Crippen LogP contribution in [0, 0.1) is 0 Å². The van der Waals surface area contributed by atoms with E-state index in [1.54, 1.807) is 0 Å². The van der Waals surface area contributed by atoms with E-state index in [1.807, 2.05) is 18.2 Å². The van der Waals surface area contributed by atoms with Gasteiger partial charge in [0.05, 0.1) is 15.7 Å². The molecule has 1 N–H and O–H groups in total. The molecule has 0 radical (unpaired) electrons. The van der Waals surface area contributed by atoms with Gasteiger partial charge in [-0.05, 0) is 18.6 Å². The van der Waals surface area contributed by atoms with E-state index in [0.717, 1.165) is 18.7 Å². The Bertz CT molecular complexity index is 266. The Morgan fingerprint density at radius 2 is 1.79 bits per heavy atom. The fourth-order valence-electron chi connectivity index (χ4n) is 1.26. The van der Waals surface area contributed by atoms with Crippen LogP contribution < -0.4 is 5.32 Å². The average Bonchev–Trinajstić information content (AvgIpc) is 2.16. The third kappa shape index (κ3) is 3.39. The summed E-state index contributed by atoms with van der Waals surface area (Å²) in [6.07, 6.45) is 3.60. The third-order valence-corrected chi connectivity index (χ3v) is 2.67. The Labute approximate surface area is 95.4 Å². The zero-order valence-electron chi connectivity index (χ0n) is 8.32. The lowest BCUT2D eigenvalue weighted by Crippen LogP contribution is -2.02. The van der Waals surface area contributed by atoms with Gasteiger partial charge in [0.2, 0.25) is 0 Å². The van der Waals surface area contributed by atoms with E-state index >= 15 is 0 Å². The van der Waals surface area contributed by atoms with Crippen molar-refractivity contribution >= 4 is 28.9 Å². The minimum absolute atomic E-state index is 0.689. The fourth-order valence-corrected chi connectivity index (χ4v) is 1.79.